The molecule has 0 radical (unpaired) electrons. The molecule has 1 aromatic heterocycles. The van der Waals surface area contributed by atoms with Crippen molar-refractivity contribution in [2.45, 2.75) is 45.1 Å². The van der Waals surface area contributed by atoms with E-state index in [2.05, 4.69) is 11.9 Å². The van der Waals surface area contributed by atoms with E-state index in [1.807, 2.05) is 40.6 Å². The number of thiazole rings is 1. The Balaban J connectivity index is 1.40. The van der Waals surface area contributed by atoms with E-state index >= 15 is 0 Å². The van der Waals surface area contributed by atoms with E-state index in [0.717, 1.165) is 55.0 Å². The summed E-state index contributed by atoms with van der Waals surface area (Å²) in [6, 6.07) is 9.73. The van der Waals surface area contributed by atoms with Gasteiger partial charge in [0.1, 0.15) is 11.0 Å². The molecule has 148 valence electrons. The predicted molar refractivity (Wildman–Crippen MR) is 111 cm³/mol. The molecular weight excluding hydrogens is 370 g/mol. The second kappa shape index (κ2) is 8.43. The molecule has 28 heavy (non-hydrogen) atoms. The highest BCUT2D eigenvalue weighted by molar-refractivity contribution is 7.13. The predicted octanol–water partition coefficient (Wildman–Crippen LogP) is 3.60. The van der Waals surface area contributed by atoms with Crippen molar-refractivity contribution in [1.29, 1.82) is 0 Å². The zero-order chi connectivity index (χ0) is 19.5. The number of amides is 2. The zero-order valence-corrected chi connectivity index (χ0v) is 17.2. The monoisotopic (exact) mass is 397 g/mol. The van der Waals surface area contributed by atoms with E-state index in [1.165, 1.54) is 0 Å². The van der Waals surface area contributed by atoms with Crippen molar-refractivity contribution in [2.24, 2.45) is 5.92 Å². The third kappa shape index (κ3) is 4.12. The van der Waals surface area contributed by atoms with Gasteiger partial charge in [0.25, 0.3) is 0 Å². The van der Waals surface area contributed by atoms with Gasteiger partial charge < -0.3 is 9.80 Å². The Bertz CT molecular complexity index is 827. The minimum atomic E-state index is -0.284. The molecule has 2 saturated heterocycles. The van der Waals surface area contributed by atoms with Crippen LogP contribution in [0.4, 0.5) is 0 Å². The molecule has 0 saturated carbocycles. The summed E-state index contributed by atoms with van der Waals surface area (Å²) in [4.78, 5) is 34.3. The van der Waals surface area contributed by atoms with Crippen LogP contribution in [0.1, 0.15) is 38.3 Å². The second-order valence-electron chi connectivity index (χ2n) is 7.94. The number of nitrogens with zero attached hydrogens (tertiary/aromatic N) is 3. The second-order valence-corrected chi connectivity index (χ2v) is 8.80. The lowest BCUT2D eigenvalue weighted by molar-refractivity contribution is -0.144. The molecular formula is C22H27N3O2S. The van der Waals surface area contributed by atoms with Gasteiger partial charge in [-0.3, -0.25) is 9.59 Å². The Kier molecular flexibility index (Phi) is 5.76. The Labute approximate surface area is 170 Å². The quantitative estimate of drug-likeness (QED) is 0.792. The van der Waals surface area contributed by atoms with E-state index in [9.17, 15) is 9.59 Å². The Morgan fingerprint density at radius 1 is 1.11 bits per heavy atom. The minimum absolute atomic E-state index is 0.0196. The summed E-state index contributed by atoms with van der Waals surface area (Å²) in [5.41, 5.74) is 1.86. The van der Waals surface area contributed by atoms with Crippen molar-refractivity contribution >= 4 is 23.2 Å². The summed E-state index contributed by atoms with van der Waals surface area (Å²) in [5, 5.41) is 2.89. The SMILES string of the molecule is CC1CCN(C(=O)[C@@H]2CCCN2C(=O)Cc2csc(-c3ccccc3)n2)CC1. The number of rotatable bonds is 4. The highest BCUT2D eigenvalue weighted by Crippen LogP contribution is 2.26. The van der Waals surface area contributed by atoms with Crippen molar-refractivity contribution in [2.75, 3.05) is 19.6 Å². The van der Waals surface area contributed by atoms with Gasteiger partial charge in [0.05, 0.1) is 12.1 Å². The first-order valence-corrected chi connectivity index (χ1v) is 11.1. The van der Waals surface area contributed by atoms with Gasteiger partial charge in [-0.15, -0.1) is 11.3 Å². The van der Waals surface area contributed by atoms with Gasteiger partial charge in [-0.2, -0.15) is 0 Å². The highest BCUT2D eigenvalue weighted by atomic mass is 32.1. The molecule has 2 fully saturated rings. The first-order valence-electron chi connectivity index (χ1n) is 10.2. The summed E-state index contributed by atoms with van der Waals surface area (Å²) in [5.74, 6) is 0.848. The van der Waals surface area contributed by atoms with Gasteiger partial charge in [-0.05, 0) is 31.6 Å². The first kappa shape index (κ1) is 19.1. The van der Waals surface area contributed by atoms with Crippen LogP contribution >= 0.6 is 11.3 Å². The lowest BCUT2D eigenvalue weighted by Crippen LogP contribution is -2.50. The largest absolute Gasteiger partial charge is 0.341 e. The van der Waals surface area contributed by atoms with Crippen molar-refractivity contribution < 1.29 is 9.59 Å². The molecule has 0 unspecified atom stereocenters. The van der Waals surface area contributed by atoms with E-state index in [1.54, 1.807) is 16.2 Å². The normalized spacial score (nSPS) is 20.5. The van der Waals surface area contributed by atoms with E-state index in [0.29, 0.717) is 12.5 Å². The van der Waals surface area contributed by atoms with Crippen molar-refractivity contribution in [3.8, 4) is 10.6 Å². The highest BCUT2D eigenvalue weighted by Gasteiger charge is 2.37. The van der Waals surface area contributed by atoms with E-state index in [-0.39, 0.29) is 24.3 Å². The molecule has 2 aromatic rings. The molecule has 2 aliphatic rings. The van der Waals surface area contributed by atoms with Crippen LogP contribution in [0, 0.1) is 5.92 Å². The maximum Gasteiger partial charge on any atom is 0.245 e. The Morgan fingerprint density at radius 3 is 2.61 bits per heavy atom. The summed E-state index contributed by atoms with van der Waals surface area (Å²) >= 11 is 1.56. The topological polar surface area (TPSA) is 53.5 Å². The standard InChI is InChI=1S/C22H27N3O2S/c1-16-9-12-24(13-10-16)22(27)19-8-5-11-25(19)20(26)14-18-15-28-21(23-18)17-6-3-2-4-7-17/h2-4,6-7,15-16,19H,5,8-14H2,1H3/t19-/m0/s1. The molecule has 1 aromatic carbocycles. The molecule has 1 atom stereocenters. The van der Waals surface area contributed by atoms with Crippen LogP contribution in [0.15, 0.2) is 35.7 Å². The number of carbonyl (C=O) groups is 2. The fourth-order valence-corrected chi connectivity index (χ4v) is 4.95. The molecule has 5 nitrogen and oxygen atoms in total. The minimum Gasteiger partial charge on any atom is -0.341 e. The average Bonchev–Trinajstić information content (AvgIpc) is 3.38. The Hall–Kier alpha value is -2.21. The summed E-state index contributed by atoms with van der Waals surface area (Å²) in [6.07, 6.45) is 4.08. The fourth-order valence-electron chi connectivity index (χ4n) is 4.12. The zero-order valence-electron chi connectivity index (χ0n) is 16.3. The smallest absolute Gasteiger partial charge is 0.245 e. The number of aromatic nitrogens is 1. The number of hydrogen-bond donors (Lipinski definition) is 0. The van der Waals surface area contributed by atoms with Gasteiger partial charge in [0.15, 0.2) is 0 Å². The lowest BCUT2D eigenvalue weighted by atomic mass is 9.98. The maximum atomic E-state index is 13.0. The average molecular weight is 398 g/mol. The van der Waals surface area contributed by atoms with Gasteiger partial charge >= 0.3 is 0 Å². The Morgan fingerprint density at radius 2 is 1.86 bits per heavy atom. The first-order chi connectivity index (χ1) is 13.6. The van der Waals surface area contributed by atoms with E-state index in [4.69, 9.17) is 0 Å². The van der Waals surface area contributed by atoms with Gasteiger partial charge in [-0.1, -0.05) is 37.3 Å². The molecule has 0 spiro atoms. The fraction of sp³-hybridized carbons (Fsp3) is 0.500. The number of carbonyl (C=O) groups excluding carboxylic acids is 2. The maximum absolute atomic E-state index is 13.0. The van der Waals surface area contributed by atoms with Crippen LogP contribution in [-0.4, -0.2) is 52.3 Å². The molecule has 4 rings (SSSR count). The lowest BCUT2D eigenvalue weighted by Gasteiger charge is -2.34. The summed E-state index contributed by atoms with van der Waals surface area (Å²) in [7, 11) is 0. The van der Waals surface area contributed by atoms with Gasteiger partial charge in [0, 0.05) is 30.6 Å². The number of likely N-dealkylation sites (tertiary alicyclic amines) is 2. The molecule has 0 aliphatic carbocycles. The summed E-state index contributed by atoms with van der Waals surface area (Å²) in [6.45, 7) is 4.57. The van der Waals surface area contributed by atoms with Crippen LogP contribution in [0.5, 0.6) is 0 Å². The van der Waals surface area contributed by atoms with Crippen molar-refractivity contribution in [3.63, 3.8) is 0 Å². The van der Waals surface area contributed by atoms with Gasteiger partial charge in [-0.25, -0.2) is 4.98 Å². The molecule has 6 heteroatoms. The number of piperidine rings is 1. The van der Waals surface area contributed by atoms with Crippen LogP contribution in [0.2, 0.25) is 0 Å². The van der Waals surface area contributed by atoms with Crippen LogP contribution in [0.25, 0.3) is 10.6 Å². The molecule has 0 bridgehead atoms. The van der Waals surface area contributed by atoms with Crippen molar-refractivity contribution in [3.05, 3.63) is 41.4 Å². The van der Waals surface area contributed by atoms with Crippen LogP contribution in [-0.2, 0) is 16.0 Å². The van der Waals surface area contributed by atoms with Gasteiger partial charge in [0.2, 0.25) is 11.8 Å². The third-order valence-corrected chi connectivity index (χ3v) is 6.80. The third-order valence-electron chi connectivity index (χ3n) is 5.86. The van der Waals surface area contributed by atoms with Crippen LogP contribution < -0.4 is 0 Å². The molecule has 3 heterocycles. The van der Waals surface area contributed by atoms with Crippen LogP contribution in [0.3, 0.4) is 0 Å². The number of hydrogen-bond acceptors (Lipinski definition) is 4. The molecule has 2 aliphatic heterocycles. The summed E-state index contributed by atoms with van der Waals surface area (Å²) < 4.78 is 0. The number of benzene rings is 1. The molecule has 0 N–H and O–H groups in total. The molecule has 2 amide bonds. The van der Waals surface area contributed by atoms with E-state index < -0.39 is 0 Å². The van der Waals surface area contributed by atoms with Crippen molar-refractivity contribution in [1.82, 2.24) is 14.8 Å².